The number of carbonyl (C=O) groups is 1. The lowest BCUT2D eigenvalue weighted by molar-refractivity contribution is -0.125. The third kappa shape index (κ3) is 2.82. The Hall–Kier alpha value is -1.42. The van der Waals surface area contributed by atoms with Gasteiger partial charge in [0.25, 0.3) is 0 Å². The van der Waals surface area contributed by atoms with Gasteiger partial charge in [0.15, 0.2) is 0 Å². The Morgan fingerprint density at radius 2 is 2.41 bits per heavy atom. The number of carbonyl (C=O) groups excluding carboxylic acids is 1. The second-order valence-corrected chi connectivity index (χ2v) is 4.72. The number of nitrogens with one attached hydrogen (secondary N) is 1. The number of amides is 1. The fourth-order valence-electron chi connectivity index (χ4n) is 2.35. The van der Waals surface area contributed by atoms with Gasteiger partial charge in [-0.3, -0.25) is 9.78 Å². The van der Waals surface area contributed by atoms with Crippen molar-refractivity contribution in [3.63, 3.8) is 0 Å². The summed E-state index contributed by atoms with van der Waals surface area (Å²) in [6.45, 7) is 1.97. The van der Waals surface area contributed by atoms with Gasteiger partial charge < -0.3 is 11.1 Å². The van der Waals surface area contributed by atoms with Crippen LogP contribution in [-0.4, -0.2) is 16.9 Å². The zero-order valence-electron chi connectivity index (χ0n) is 10.1. The molecule has 1 fully saturated rings. The number of hydrogen-bond acceptors (Lipinski definition) is 3. The Bertz CT molecular complexity index is 380. The number of rotatable bonds is 3. The van der Waals surface area contributed by atoms with Gasteiger partial charge >= 0.3 is 0 Å². The lowest BCUT2D eigenvalue weighted by Gasteiger charge is -2.19. The van der Waals surface area contributed by atoms with Gasteiger partial charge in [0.05, 0.1) is 12.0 Å². The molecule has 4 nitrogen and oxygen atoms in total. The topological polar surface area (TPSA) is 68.0 Å². The van der Waals surface area contributed by atoms with Crippen LogP contribution in [0, 0.1) is 5.92 Å². The SMILES string of the molecule is C[C@@H](NC(=O)C1CCCC1N)c1cccnc1. The van der Waals surface area contributed by atoms with Crippen LogP contribution in [0.3, 0.4) is 0 Å². The molecule has 4 heteroatoms. The Labute approximate surface area is 102 Å². The number of hydrogen-bond donors (Lipinski definition) is 2. The molecule has 0 spiro atoms. The summed E-state index contributed by atoms with van der Waals surface area (Å²) in [6.07, 6.45) is 6.43. The lowest BCUT2D eigenvalue weighted by atomic mass is 10.0. The molecular weight excluding hydrogens is 214 g/mol. The molecule has 0 saturated heterocycles. The van der Waals surface area contributed by atoms with Gasteiger partial charge in [0, 0.05) is 18.4 Å². The predicted molar refractivity (Wildman–Crippen MR) is 66.1 cm³/mol. The number of aromatic nitrogens is 1. The van der Waals surface area contributed by atoms with Crippen LogP contribution in [0.5, 0.6) is 0 Å². The normalized spacial score (nSPS) is 25.5. The van der Waals surface area contributed by atoms with E-state index in [0.717, 1.165) is 24.8 Å². The third-order valence-corrected chi connectivity index (χ3v) is 3.45. The van der Waals surface area contributed by atoms with Gasteiger partial charge in [-0.25, -0.2) is 0 Å². The Morgan fingerprint density at radius 3 is 3.00 bits per heavy atom. The van der Waals surface area contributed by atoms with Crippen LogP contribution in [0.25, 0.3) is 0 Å². The standard InChI is InChI=1S/C13H19N3O/c1-9(10-4-3-7-15-8-10)16-13(17)11-5-2-6-12(11)14/h3-4,7-9,11-12H,2,5-6,14H2,1H3,(H,16,17)/t9-,11?,12?/m1/s1. The van der Waals surface area contributed by atoms with Crippen molar-refractivity contribution < 1.29 is 4.79 Å². The number of nitrogens with two attached hydrogens (primary N) is 1. The highest BCUT2D eigenvalue weighted by Gasteiger charge is 2.30. The van der Waals surface area contributed by atoms with Gasteiger partial charge in [0.2, 0.25) is 5.91 Å². The van der Waals surface area contributed by atoms with Gasteiger partial charge in [0.1, 0.15) is 0 Å². The van der Waals surface area contributed by atoms with Crippen molar-refractivity contribution in [1.29, 1.82) is 0 Å². The molecule has 1 heterocycles. The first kappa shape index (κ1) is 12.0. The maximum atomic E-state index is 12.0. The second-order valence-electron chi connectivity index (χ2n) is 4.72. The Balaban J connectivity index is 1.95. The van der Waals surface area contributed by atoms with E-state index in [1.54, 1.807) is 12.4 Å². The van der Waals surface area contributed by atoms with Crippen LogP contribution in [0.4, 0.5) is 0 Å². The average Bonchev–Trinajstić information content (AvgIpc) is 2.76. The highest BCUT2D eigenvalue weighted by molar-refractivity contribution is 5.80. The summed E-state index contributed by atoms with van der Waals surface area (Å²) in [7, 11) is 0. The minimum absolute atomic E-state index is 0.0102. The minimum Gasteiger partial charge on any atom is -0.349 e. The zero-order chi connectivity index (χ0) is 12.3. The van der Waals surface area contributed by atoms with Crippen LogP contribution in [0.2, 0.25) is 0 Å². The molecule has 1 aromatic heterocycles. The largest absolute Gasteiger partial charge is 0.349 e. The number of pyridine rings is 1. The molecule has 0 radical (unpaired) electrons. The summed E-state index contributed by atoms with van der Waals surface area (Å²) >= 11 is 0. The van der Waals surface area contributed by atoms with Crippen molar-refractivity contribution in [2.24, 2.45) is 11.7 Å². The van der Waals surface area contributed by atoms with Crippen LogP contribution < -0.4 is 11.1 Å². The van der Waals surface area contributed by atoms with E-state index < -0.39 is 0 Å². The van der Waals surface area contributed by atoms with Gasteiger partial charge in [-0.05, 0) is 31.4 Å². The van der Waals surface area contributed by atoms with E-state index in [2.05, 4.69) is 10.3 Å². The summed E-state index contributed by atoms with van der Waals surface area (Å²) in [5.41, 5.74) is 6.94. The van der Waals surface area contributed by atoms with Gasteiger partial charge in [-0.2, -0.15) is 0 Å². The van der Waals surface area contributed by atoms with Crippen molar-refractivity contribution >= 4 is 5.91 Å². The lowest BCUT2D eigenvalue weighted by Crippen LogP contribution is -2.39. The zero-order valence-corrected chi connectivity index (χ0v) is 10.1. The molecule has 0 aromatic carbocycles. The Kier molecular flexibility index (Phi) is 3.74. The molecule has 1 aromatic rings. The molecule has 3 atom stereocenters. The smallest absolute Gasteiger partial charge is 0.225 e. The molecule has 2 unspecified atom stereocenters. The maximum absolute atomic E-state index is 12.0. The van der Waals surface area contributed by atoms with Crippen LogP contribution in [0.15, 0.2) is 24.5 Å². The fraction of sp³-hybridized carbons (Fsp3) is 0.538. The second kappa shape index (κ2) is 5.27. The van der Waals surface area contributed by atoms with Crippen molar-refractivity contribution in [1.82, 2.24) is 10.3 Å². The van der Waals surface area contributed by atoms with Crippen LogP contribution in [-0.2, 0) is 4.79 Å². The Morgan fingerprint density at radius 1 is 1.59 bits per heavy atom. The molecule has 0 aliphatic heterocycles. The van der Waals surface area contributed by atoms with Gasteiger partial charge in [-0.1, -0.05) is 12.5 Å². The van der Waals surface area contributed by atoms with E-state index in [1.165, 1.54) is 0 Å². The van der Waals surface area contributed by atoms with Crippen molar-refractivity contribution in [2.45, 2.75) is 38.3 Å². The minimum atomic E-state index is -0.0193. The first-order chi connectivity index (χ1) is 8.18. The summed E-state index contributed by atoms with van der Waals surface area (Å²) in [4.78, 5) is 16.1. The number of nitrogens with zero attached hydrogens (tertiary/aromatic N) is 1. The quantitative estimate of drug-likeness (QED) is 0.829. The third-order valence-electron chi connectivity index (χ3n) is 3.45. The monoisotopic (exact) mass is 233 g/mol. The van der Waals surface area contributed by atoms with E-state index in [1.807, 2.05) is 19.1 Å². The maximum Gasteiger partial charge on any atom is 0.225 e. The van der Waals surface area contributed by atoms with Crippen LogP contribution in [0.1, 0.15) is 37.8 Å². The van der Waals surface area contributed by atoms with Crippen molar-refractivity contribution in [3.8, 4) is 0 Å². The van der Waals surface area contributed by atoms with E-state index >= 15 is 0 Å². The predicted octanol–water partition coefficient (Wildman–Crippen LogP) is 1.39. The summed E-state index contributed by atoms with van der Waals surface area (Å²) in [5, 5.41) is 3.01. The highest BCUT2D eigenvalue weighted by atomic mass is 16.2. The van der Waals surface area contributed by atoms with Gasteiger partial charge in [-0.15, -0.1) is 0 Å². The highest BCUT2D eigenvalue weighted by Crippen LogP contribution is 2.25. The molecular formula is C13H19N3O. The average molecular weight is 233 g/mol. The van der Waals surface area contributed by atoms with E-state index in [0.29, 0.717) is 0 Å². The summed E-state index contributed by atoms with van der Waals surface area (Å²) < 4.78 is 0. The molecule has 1 aliphatic rings. The molecule has 92 valence electrons. The van der Waals surface area contributed by atoms with Crippen molar-refractivity contribution in [3.05, 3.63) is 30.1 Å². The molecule has 17 heavy (non-hydrogen) atoms. The molecule has 1 aliphatic carbocycles. The van der Waals surface area contributed by atoms with E-state index in [9.17, 15) is 4.79 Å². The molecule has 1 saturated carbocycles. The molecule has 3 N–H and O–H groups in total. The van der Waals surface area contributed by atoms with Crippen molar-refractivity contribution in [2.75, 3.05) is 0 Å². The fourth-order valence-corrected chi connectivity index (χ4v) is 2.35. The summed E-state index contributed by atoms with van der Waals surface area (Å²) in [5.74, 6) is 0.0560. The van der Waals surface area contributed by atoms with E-state index in [-0.39, 0.29) is 23.9 Å². The molecule has 1 amide bonds. The molecule has 0 bridgehead atoms. The first-order valence-electron chi connectivity index (χ1n) is 6.14. The van der Waals surface area contributed by atoms with E-state index in [4.69, 9.17) is 5.73 Å². The molecule has 2 rings (SSSR count). The first-order valence-corrected chi connectivity index (χ1v) is 6.14. The summed E-state index contributed by atoms with van der Waals surface area (Å²) in [6, 6.07) is 3.85. The van der Waals surface area contributed by atoms with Crippen LogP contribution >= 0.6 is 0 Å².